The molecule has 0 unspecified atom stereocenters. The Morgan fingerprint density at radius 1 is 1.20 bits per heavy atom. The number of hydrogen-bond acceptors (Lipinski definition) is 6. The second-order valence-electron chi connectivity index (χ2n) is 7.81. The molecule has 0 amide bonds. The molecule has 4 rings (SSSR count). The van der Waals surface area contributed by atoms with Crippen molar-refractivity contribution in [3.63, 3.8) is 0 Å². The normalized spacial score (nSPS) is 21.3. The van der Waals surface area contributed by atoms with Crippen LogP contribution < -0.4 is 20.3 Å². The first-order valence-corrected chi connectivity index (χ1v) is 11.1. The molecular weight excluding hydrogens is 398 g/mol. The third kappa shape index (κ3) is 5.58. The smallest absolute Gasteiger partial charge is 0.234 e. The highest BCUT2D eigenvalue weighted by Gasteiger charge is 2.22. The van der Waals surface area contributed by atoms with Crippen LogP contribution in [0.1, 0.15) is 39.0 Å². The lowest BCUT2D eigenvalue weighted by Crippen LogP contribution is -2.38. The van der Waals surface area contributed by atoms with Crippen molar-refractivity contribution < 1.29 is 9.47 Å². The minimum absolute atomic E-state index is 0.211. The minimum atomic E-state index is 0.211. The molecule has 1 aromatic heterocycles. The summed E-state index contributed by atoms with van der Waals surface area (Å²) in [7, 11) is 0. The van der Waals surface area contributed by atoms with Gasteiger partial charge in [0.1, 0.15) is 11.6 Å². The highest BCUT2D eigenvalue weighted by Crippen LogP contribution is 2.28. The summed E-state index contributed by atoms with van der Waals surface area (Å²) in [5.41, 5.74) is 0. The number of piperidine rings is 1. The fourth-order valence-corrected chi connectivity index (χ4v) is 4.05. The Morgan fingerprint density at radius 2 is 2.07 bits per heavy atom. The standard InChI is InChI=1S/C22H29N5O2S/c1-16-8-5-6-12-27(16)19-14-20(29-17-9-3-2-4-10-17)25-21(24-19)26-22(30)23-15-18-11-7-13-28-18/h2-4,9-10,14,16,18H,5-8,11-13,15H2,1H3,(H2,23,24,25,26,30)/t16-,18-/m1/s1. The van der Waals surface area contributed by atoms with Gasteiger partial charge in [-0.05, 0) is 63.4 Å². The van der Waals surface area contributed by atoms with E-state index in [-0.39, 0.29) is 6.10 Å². The molecule has 3 heterocycles. The van der Waals surface area contributed by atoms with Crippen LogP contribution in [0.3, 0.4) is 0 Å². The molecule has 0 spiro atoms. The van der Waals surface area contributed by atoms with Crippen LogP contribution in [0.15, 0.2) is 36.4 Å². The van der Waals surface area contributed by atoms with Gasteiger partial charge in [-0.1, -0.05) is 18.2 Å². The first-order valence-electron chi connectivity index (χ1n) is 10.7. The second-order valence-corrected chi connectivity index (χ2v) is 8.22. The van der Waals surface area contributed by atoms with Gasteiger partial charge >= 0.3 is 0 Å². The number of hydrogen-bond donors (Lipinski definition) is 2. The molecule has 1 aromatic carbocycles. The minimum Gasteiger partial charge on any atom is -0.439 e. The topological polar surface area (TPSA) is 71.5 Å². The Morgan fingerprint density at radius 3 is 2.83 bits per heavy atom. The van der Waals surface area contributed by atoms with Gasteiger partial charge in [0, 0.05) is 31.8 Å². The van der Waals surface area contributed by atoms with E-state index in [1.165, 1.54) is 6.42 Å². The van der Waals surface area contributed by atoms with Crippen LogP contribution >= 0.6 is 12.2 Å². The molecule has 2 aliphatic heterocycles. The summed E-state index contributed by atoms with van der Waals surface area (Å²) >= 11 is 5.45. The molecule has 30 heavy (non-hydrogen) atoms. The molecule has 160 valence electrons. The number of rotatable bonds is 6. The van der Waals surface area contributed by atoms with Gasteiger partial charge in [0.25, 0.3) is 0 Å². The summed E-state index contributed by atoms with van der Waals surface area (Å²) in [6.45, 7) is 4.72. The lowest BCUT2D eigenvalue weighted by Gasteiger charge is -2.34. The van der Waals surface area contributed by atoms with Gasteiger partial charge in [-0.2, -0.15) is 9.97 Å². The SMILES string of the molecule is C[C@@H]1CCCCN1c1cc(Oc2ccccc2)nc(NC(=S)NC[C@H]2CCCO2)n1. The molecule has 7 nitrogen and oxygen atoms in total. The van der Waals surface area contributed by atoms with Crippen molar-refractivity contribution in [1.82, 2.24) is 15.3 Å². The molecule has 8 heteroatoms. The van der Waals surface area contributed by atoms with Gasteiger partial charge in [-0.15, -0.1) is 0 Å². The van der Waals surface area contributed by atoms with Gasteiger partial charge in [0.05, 0.1) is 6.10 Å². The van der Waals surface area contributed by atoms with Crippen molar-refractivity contribution >= 4 is 29.1 Å². The number of ether oxygens (including phenoxy) is 2. The van der Waals surface area contributed by atoms with E-state index < -0.39 is 0 Å². The van der Waals surface area contributed by atoms with E-state index in [1.54, 1.807) is 0 Å². The Hall–Kier alpha value is -2.45. The Kier molecular flexibility index (Phi) is 6.96. The predicted octanol–water partition coefficient (Wildman–Crippen LogP) is 4.11. The lowest BCUT2D eigenvalue weighted by atomic mass is 10.0. The summed E-state index contributed by atoms with van der Waals surface area (Å²) in [5.74, 6) is 2.51. The Balaban J connectivity index is 1.50. The number of anilines is 2. The van der Waals surface area contributed by atoms with E-state index in [4.69, 9.17) is 26.7 Å². The Bertz CT molecular complexity index is 845. The number of nitrogens with one attached hydrogen (secondary N) is 2. The number of thiocarbonyl (C=S) groups is 1. The predicted molar refractivity (Wildman–Crippen MR) is 122 cm³/mol. The van der Waals surface area contributed by atoms with Gasteiger partial charge in [-0.3, -0.25) is 0 Å². The van der Waals surface area contributed by atoms with Crippen molar-refractivity contribution in [2.45, 2.75) is 51.2 Å². The van der Waals surface area contributed by atoms with E-state index in [9.17, 15) is 0 Å². The van der Waals surface area contributed by atoms with E-state index >= 15 is 0 Å². The molecule has 2 N–H and O–H groups in total. The largest absolute Gasteiger partial charge is 0.439 e. The van der Waals surface area contributed by atoms with Crippen LogP contribution in [-0.2, 0) is 4.74 Å². The molecule has 2 aromatic rings. The highest BCUT2D eigenvalue weighted by molar-refractivity contribution is 7.80. The highest BCUT2D eigenvalue weighted by atomic mass is 32.1. The van der Waals surface area contributed by atoms with Crippen LogP contribution in [0.2, 0.25) is 0 Å². The van der Waals surface area contributed by atoms with Crippen LogP contribution in [0, 0.1) is 0 Å². The Labute approximate surface area is 183 Å². The van der Waals surface area contributed by atoms with Gasteiger partial charge in [-0.25, -0.2) is 0 Å². The summed E-state index contributed by atoms with van der Waals surface area (Å²) in [5, 5.41) is 6.82. The maximum atomic E-state index is 6.01. The van der Waals surface area contributed by atoms with E-state index in [0.29, 0.717) is 29.5 Å². The maximum Gasteiger partial charge on any atom is 0.234 e. The van der Waals surface area contributed by atoms with Crippen molar-refractivity contribution in [2.75, 3.05) is 29.9 Å². The lowest BCUT2D eigenvalue weighted by molar-refractivity contribution is 0.114. The fraction of sp³-hybridized carbons (Fsp3) is 0.500. The average molecular weight is 428 g/mol. The van der Waals surface area contributed by atoms with E-state index in [0.717, 1.165) is 50.4 Å². The summed E-state index contributed by atoms with van der Waals surface area (Å²) in [4.78, 5) is 11.6. The third-order valence-corrected chi connectivity index (χ3v) is 5.74. The maximum absolute atomic E-state index is 6.01. The van der Waals surface area contributed by atoms with Crippen molar-refractivity contribution in [3.8, 4) is 11.6 Å². The zero-order chi connectivity index (χ0) is 20.8. The molecule has 2 aliphatic rings. The van der Waals surface area contributed by atoms with Crippen molar-refractivity contribution in [1.29, 1.82) is 0 Å². The third-order valence-electron chi connectivity index (χ3n) is 5.49. The number of para-hydroxylation sites is 1. The molecule has 2 atom stereocenters. The molecule has 2 saturated heterocycles. The average Bonchev–Trinajstić information content (AvgIpc) is 3.27. The van der Waals surface area contributed by atoms with Gasteiger partial charge in [0.15, 0.2) is 5.11 Å². The summed E-state index contributed by atoms with van der Waals surface area (Å²) < 4.78 is 11.6. The molecule has 0 aliphatic carbocycles. The number of nitrogens with zero attached hydrogens (tertiary/aromatic N) is 3. The summed E-state index contributed by atoms with van der Waals surface area (Å²) in [6.07, 6.45) is 5.94. The monoisotopic (exact) mass is 427 g/mol. The van der Waals surface area contributed by atoms with Gasteiger partial charge < -0.3 is 25.0 Å². The van der Waals surface area contributed by atoms with Crippen LogP contribution in [0.5, 0.6) is 11.6 Å². The van der Waals surface area contributed by atoms with E-state index in [1.807, 2.05) is 36.4 Å². The van der Waals surface area contributed by atoms with Crippen LogP contribution in [0.4, 0.5) is 11.8 Å². The van der Waals surface area contributed by atoms with Crippen LogP contribution in [-0.4, -0.2) is 46.9 Å². The first kappa shape index (κ1) is 20.8. The molecular formula is C22H29N5O2S. The molecule has 2 fully saturated rings. The number of benzene rings is 1. The molecule has 0 saturated carbocycles. The quantitative estimate of drug-likeness (QED) is 0.668. The summed E-state index contributed by atoms with van der Waals surface area (Å²) in [6, 6.07) is 12.0. The van der Waals surface area contributed by atoms with Gasteiger partial charge in [0.2, 0.25) is 11.8 Å². The zero-order valence-electron chi connectivity index (χ0n) is 17.3. The van der Waals surface area contributed by atoms with Crippen molar-refractivity contribution in [2.24, 2.45) is 0 Å². The first-order chi connectivity index (χ1) is 14.7. The van der Waals surface area contributed by atoms with E-state index in [2.05, 4.69) is 27.4 Å². The molecule has 0 radical (unpaired) electrons. The van der Waals surface area contributed by atoms with Crippen molar-refractivity contribution in [3.05, 3.63) is 36.4 Å². The van der Waals surface area contributed by atoms with Crippen LogP contribution in [0.25, 0.3) is 0 Å². The second kappa shape index (κ2) is 10.0. The number of aromatic nitrogens is 2. The zero-order valence-corrected chi connectivity index (χ0v) is 18.2. The molecule has 0 bridgehead atoms. The fourth-order valence-electron chi connectivity index (χ4n) is 3.87.